The van der Waals surface area contributed by atoms with Gasteiger partial charge in [0.15, 0.2) is 5.82 Å². The fraction of sp³-hybridized carbons (Fsp3) is 0.300. The van der Waals surface area contributed by atoms with Gasteiger partial charge >= 0.3 is 0 Å². The van der Waals surface area contributed by atoms with Crippen molar-refractivity contribution in [1.29, 1.82) is 0 Å². The van der Waals surface area contributed by atoms with E-state index in [2.05, 4.69) is 63.4 Å². The maximum atomic E-state index is 4.63. The lowest BCUT2D eigenvalue weighted by atomic mass is 10.0. The summed E-state index contributed by atoms with van der Waals surface area (Å²) in [5.41, 5.74) is 2.07. The molecule has 4 heteroatoms. The summed E-state index contributed by atoms with van der Waals surface area (Å²) in [6.45, 7) is 4.24. The number of hydrogen-bond donors (Lipinski definition) is 0. The summed E-state index contributed by atoms with van der Waals surface area (Å²) in [7, 11) is 2.19. The van der Waals surface area contributed by atoms with E-state index in [1.165, 1.54) is 10.8 Å². The van der Waals surface area contributed by atoms with Crippen LogP contribution < -0.4 is 4.90 Å². The second kappa shape index (κ2) is 6.57. The first kappa shape index (κ1) is 15.1. The average molecular weight is 318 g/mol. The van der Waals surface area contributed by atoms with Gasteiger partial charge in [-0.1, -0.05) is 54.6 Å². The zero-order valence-electron chi connectivity index (χ0n) is 14.0. The molecular formula is C20H22N4. The highest BCUT2D eigenvalue weighted by Gasteiger charge is 2.18. The summed E-state index contributed by atoms with van der Waals surface area (Å²) in [5.74, 6) is 1.01. The largest absolute Gasteiger partial charge is 0.353 e. The molecule has 0 saturated carbocycles. The van der Waals surface area contributed by atoms with Crippen molar-refractivity contribution in [3.05, 3.63) is 54.6 Å². The van der Waals surface area contributed by atoms with Crippen LogP contribution in [0.1, 0.15) is 6.42 Å². The van der Waals surface area contributed by atoms with E-state index in [0.717, 1.165) is 49.7 Å². The third kappa shape index (κ3) is 2.85. The predicted octanol–water partition coefficient (Wildman–Crippen LogP) is 3.44. The highest BCUT2D eigenvalue weighted by molar-refractivity contribution is 6.00. The van der Waals surface area contributed by atoms with Crippen molar-refractivity contribution >= 4 is 16.6 Å². The molecule has 0 spiro atoms. The molecule has 0 N–H and O–H groups in total. The van der Waals surface area contributed by atoms with Crippen LogP contribution in [0, 0.1) is 0 Å². The van der Waals surface area contributed by atoms with Crippen LogP contribution >= 0.6 is 0 Å². The third-order valence-corrected chi connectivity index (χ3v) is 4.73. The number of hydrogen-bond acceptors (Lipinski definition) is 4. The fourth-order valence-corrected chi connectivity index (χ4v) is 3.39. The summed E-state index contributed by atoms with van der Waals surface area (Å²) < 4.78 is 0. The number of anilines is 1. The molecule has 0 amide bonds. The summed E-state index contributed by atoms with van der Waals surface area (Å²) in [4.78, 5) is 4.77. The lowest BCUT2D eigenvalue weighted by molar-refractivity contribution is 0.360. The van der Waals surface area contributed by atoms with Gasteiger partial charge < -0.3 is 9.80 Å². The molecule has 3 aromatic rings. The van der Waals surface area contributed by atoms with Crippen molar-refractivity contribution in [3.63, 3.8) is 0 Å². The van der Waals surface area contributed by atoms with Crippen LogP contribution in [-0.4, -0.2) is 48.3 Å². The maximum absolute atomic E-state index is 4.63. The van der Waals surface area contributed by atoms with Crippen molar-refractivity contribution < 1.29 is 0 Å². The molecule has 0 radical (unpaired) electrons. The van der Waals surface area contributed by atoms with E-state index < -0.39 is 0 Å². The van der Waals surface area contributed by atoms with Crippen LogP contribution in [0.15, 0.2) is 54.6 Å². The molecule has 2 aromatic carbocycles. The Kier molecular flexibility index (Phi) is 4.13. The van der Waals surface area contributed by atoms with Crippen molar-refractivity contribution in [1.82, 2.24) is 15.1 Å². The second-order valence-corrected chi connectivity index (χ2v) is 6.43. The van der Waals surface area contributed by atoms with Gasteiger partial charge in [-0.2, -0.15) is 0 Å². The number of fused-ring (bicyclic) bond motifs is 1. The maximum Gasteiger partial charge on any atom is 0.159 e. The highest BCUT2D eigenvalue weighted by Crippen LogP contribution is 2.31. The van der Waals surface area contributed by atoms with Gasteiger partial charge in [0.1, 0.15) is 5.69 Å². The number of likely N-dealkylation sites (N-methyl/N-ethyl adjacent to an activating group) is 1. The van der Waals surface area contributed by atoms with Crippen LogP contribution in [0.25, 0.3) is 22.0 Å². The van der Waals surface area contributed by atoms with Crippen molar-refractivity contribution in [2.75, 3.05) is 38.1 Å². The van der Waals surface area contributed by atoms with Crippen LogP contribution in [-0.2, 0) is 0 Å². The normalized spacial score (nSPS) is 16.3. The first-order chi connectivity index (χ1) is 11.8. The van der Waals surface area contributed by atoms with Crippen molar-refractivity contribution in [2.45, 2.75) is 6.42 Å². The number of benzene rings is 2. The zero-order chi connectivity index (χ0) is 16.4. The van der Waals surface area contributed by atoms with Gasteiger partial charge in [0.05, 0.1) is 0 Å². The van der Waals surface area contributed by atoms with E-state index in [4.69, 9.17) is 0 Å². The minimum atomic E-state index is 0.960. The van der Waals surface area contributed by atoms with E-state index in [9.17, 15) is 0 Å². The minimum Gasteiger partial charge on any atom is -0.353 e. The molecule has 1 saturated heterocycles. The first-order valence-electron chi connectivity index (χ1n) is 8.57. The Morgan fingerprint density at radius 2 is 1.50 bits per heavy atom. The van der Waals surface area contributed by atoms with Crippen LogP contribution in [0.4, 0.5) is 5.82 Å². The van der Waals surface area contributed by atoms with Crippen LogP contribution in [0.2, 0.25) is 0 Å². The van der Waals surface area contributed by atoms with E-state index >= 15 is 0 Å². The molecule has 0 bridgehead atoms. The third-order valence-electron chi connectivity index (χ3n) is 4.73. The first-order valence-corrected chi connectivity index (χ1v) is 8.57. The number of nitrogens with zero attached hydrogens (tertiary/aromatic N) is 4. The van der Waals surface area contributed by atoms with Crippen LogP contribution in [0.3, 0.4) is 0 Å². The Morgan fingerprint density at radius 1 is 0.750 bits per heavy atom. The lowest BCUT2D eigenvalue weighted by Gasteiger charge is -2.23. The van der Waals surface area contributed by atoms with Gasteiger partial charge in [-0.25, -0.2) is 0 Å². The Balaban J connectivity index is 1.81. The molecule has 4 nitrogen and oxygen atoms in total. The molecule has 1 aromatic heterocycles. The lowest BCUT2D eigenvalue weighted by Crippen LogP contribution is -2.29. The summed E-state index contributed by atoms with van der Waals surface area (Å²) in [6, 6.07) is 18.8. The Labute approximate surface area is 142 Å². The monoisotopic (exact) mass is 318 g/mol. The fourth-order valence-electron chi connectivity index (χ4n) is 3.39. The van der Waals surface area contributed by atoms with Gasteiger partial charge in [-0.05, 0) is 20.0 Å². The van der Waals surface area contributed by atoms with E-state index in [0.29, 0.717) is 0 Å². The Bertz CT molecular complexity index is 831. The molecular weight excluding hydrogens is 296 g/mol. The molecule has 0 unspecified atom stereocenters. The van der Waals surface area contributed by atoms with Crippen molar-refractivity contribution in [3.8, 4) is 11.3 Å². The van der Waals surface area contributed by atoms with E-state index in [-0.39, 0.29) is 0 Å². The van der Waals surface area contributed by atoms with Gasteiger partial charge in [-0.15, -0.1) is 10.2 Å². The Morgan fingerprint density at radius 3 is 2.33 bits per heavy atom. The molecule has 0 atom stereocenters. The summed E-state index contributed by atoms with van der Waals surface area (Å²) >= 11 is 0. The molecule has 0 aliphatic carbocycles. The molecule has 2 heterocycles. The average Bonchev–Trinajstić information content (AvgIpc) is 2.86. The molecule has 1 aliphatic heterocycles. The van der Waals surface area contributed by atoms with Gasteiger partial charge in [-0.3, -0.25) is 0 Å². The van der Waals surface area contributed by atoms with E-state index in [1.807, 2.05) is 18.2 Å². The minimum absolute atomic E-state index is 0.960. The SMILES string of the molecule is CN1CCCN(c2nnc(-c3ccccc3)c3ccccc23)CC1. The number of rotatable bonds is 2. The molecule has 4 rings (SSSR count). The highest BCUT2D eigenvalue weighted by atomic mass is 15.3. The summed E-state index contributed by atoms with van der Waals surface area (Å²) in [5, 5.41) is 11.6. The quantitative estimate of drug-likeness (QED) is 0.724. The second-order valence-electron chi connectivity index (χ2n) is 6.43. The van der Waals surface area contributed by atoms with Gasteiger partial charge in [0, 0.05) is 36.0 Å². The Hall–Kier alpha value is -2.46. The summed E-state index contributed by atoms with van der Waals surface area (Å²) in [6.07, 6.45) is 1.16. The zero-order valence-corrected chi connectivity index (χ0v) is 14.0. The van der Waals surface area contributed by atoms with Gasteiger partial charge in [0.2, 0.25) is 0 Å². The topological polar surface area (TPSA) is 32.3 Å². The van der Waals surface area contributed by atoms with Gasteiger partial charge in [0.25, 0.3) is 0 Å². The molecule has 122 valence electrons. The van der Waals surface area contributed by atoms with E-state index in [1.54, 1.807) is 0 Å². The molecule has 24 heavy (non-hydrogen) atoms. The number of aromatic nitrogens is 2. The standard InChI is InChI=1S/C20H22N4/c1-23-12-7-13-24(15-14-23)20-18-11-6-5-10-17(18)19(21-22-20)16-8-3-2-4-9-16/h2-6,8-11H,7,12-15H2,1H3. The molecule has 1 aliphatic rings. The molecule has 1 fully saturated rings. The predicted molar refractivity (Wildman–Crippen MR) is 99.3 cm³/mol. The van der Waals surface area contributed by atoms with Crippen LogP contribution in [0.5, 0.6) is 0 Å². The van der Waals surface area contributed by atoms with Crippen molar-refractivity contribution in [2.24, 2.45) is 0 Å². The smallest absolute Gasteiger partial charge is 0.159 e.